The molecule has 1 amide bonds. The molecule has 0 saturated heterocycles. The van der Waals surface area contributed by atoms with E-state index in [-0.39, 0.29) is 17.9 Å². The van der Waals surface area contributed by atoms with Crippen molar-refractivity contribution in [2.75, 3.05) is 12.8 Å². The molecular weight excluding hydrogens is 220 g/mol. The summed E-state index contributed by atoms with van der Waals surface area (Å²) in [4.78, 5) is 12.0. The zero-order valence-electron chi connectivity index (χ0n) is 10.00. The van der Waals surface area contributed by atoms with Gasteiger partial charge in [-0.3, -0.25) is 4.79 Å². The van der Waals surface area contributed by atoms with Crippen molar-refractivity contribution in [1.82, 2.24) is 5.32 Å². The third kappa shape index (κ3) is 2.72. The molecule has 0 aromatic heterocycles. The van der Waals surface area contributed by atoms with Gasteiger partial charge in [-0.2, -0.15) is 11.8 Å². The highest BCUT2D eigenvalue weighted by Gasteiger charge is 2.42. The molecule has 0 spiro atoms. The van der Waals surface area contributed by atoms with Crippen LogP contribution in [0.4, 0.5) is 0 Å². The van der Waals surface area contributed by atoms with Crippen molar-refractivity contribution in [1.29, 1.82) is 0 Å². The zero-order valence-corrected chi connectivity index (χ0v) is 10.8. The Bertz CT molecular complexity index is 266. The van der Waals surface area contributed by atoms with Crippen molar-refractivity contribution >= 4 is 17.7 Å². The third-order valence-corrected chi connectivity index (χ3v) is 5.40. The van der Waals surface area contributed by atoms with Crippen molar-refractivity contribution in [3.8, 4) is 0 Å². The van der Waals surface area contributed by atoms with E-state index in [0.29, 0.717) is 4.75 Å². The van der Waals surface area contributed by atoms with Gasteiger partial charge in [0.25, 0.3) is 0 Å². The smallest absolute Gasteiger partial charge is 0.224 e. The Kier molecular flexibility index (Phi) is 3.80. The molecule has 2 rings (SSSR count). The first-order chi connectivity index (χ1) is 7.67. The lowest BCUT2D eigenvalue weighted by Gasteiger charge is -2.28. The lowest BCUT2D eigenvalue weighted by Crippen LogP contribution is -2.45. The summed E-state index contributed by atoms with van der Waals surface area (Å²) >= 11 is 1.88. The Morgan fingerprint density at radius 1 is 1.44 bits per heavy atom. The summed E-state index contributed by atoms with van der Waals surface area (Å²) in [6.07, 6.45) is 8.92. The second kappa shape index (κ2) is 4.96. The van der Waals surface area contributed by atoms with Gasteiger partial charge in [-0.15, -0.1) is 0 Å². The summed E-state index contributed by atoms with van der Waals surface area (Å²) in [5.41, 5.74) is 6.00. The molecule has 3 nitrogen and oxygen atoms in total. The first-order valence-electron chi connectivity index (χ1n) is 6.25. The predicted octanol–water partition coefficient (Wildman–Crippen LogP) is 1.52. The number of hydrogen-bond acceptors (Lipinski definition) is 3. The van der Waals surface area contributed by atoms with Gasteiger partial charge in [0.1, 0.15) is 0 Å². The van der Waals surface area contributed by atoms with Crippen LogP contribution in [0, 0.1) is 5.92 Å². The molecule has 2 aliphatic carbocycles. The van der Waals surface area contributed by atoms with Gasteiger partial charge in [0.05, 0.1) is 5.92 Å². The van der Waals surface area contributed by atoms with Gasteiger partial charge in [0.15, 0.2) is 0 Å². The van der Waals surface area contributed by atoms with E-state index in [2.05, 4.69) is 11.6 Å². The minimum Gasteiger partial charge on any atom is -0.354 e. The van der Waals surface area contributed by atoms with E-state index >= 15 is 0 Å². The number of carbonyl (C=O) groups is 1. The molecule has 92 valence electrons. The molecule has 2 saturated carbocycles. The number of carbonyl (C=O) groups excluding carboxylic acids is 1. The Balaban J connectivity index is 1.78. The maximum Gasteiger partial charge on any atom is 0.224 e. The normalized spacial score (nSPS) is 32.1. The maximum atomic E-state index is 12.0. The standard InChI is InChI=1S/C12H22N2OS/c1-16-12(6-7-12)8-14-11(15)9-4-2-3-5-10(9)13/h9-10H,2-8,13H2,1H3,(H,14,15). The Morgan fingerprint density at radius 3 is 2.69 bits per heavy atom. The molecule has 0 aliphatic heterocycles. The lowest BCUT2D eigenvalue weighted by atomic mass is 9.84. The molecule has 0 aromatic carbocycles. The van der Waals surface area contributed by atoms with Crippen LogP contribution in [0.25, 0.3) is 0 Å². The van der Waals surface area contributed by atoms with E-state index in [1.165, 1.54) is 19.3 Å². The van der Waals surface area contributed by atoms with E-state index in [9.17, 15) is 4.79 Å². The van der Waals surface area contributed by atoms with Crippen LogP contribution < -0.4 is 11.1 Å². The quantitative estimate of drug-likeness (QED) is 0.786. The van der Waals surface area contributed by atoms with Gasteiger partial charge < -0.3 is 11.1 Å². The number of rotatable bonds is 4. The molecule has 0 radical (unpaired) electrons. The zero-order chi connectivity index (χ0) is 11.6. The van der Waals surface area contributed by atoms with E-state index in [1.54, 1.807) is 0 Å². The van der Waals surface area contributed by atoms with Crippen LogP contribution in [-0.2, 0) is 4.79 Å². The minimum absolute atomic E-state index is 0.0615. The van der Waals surface area contributed by atoms with Crippen LogP contribution in [0.15, 0.2) is 0 Å². The van der Waals surface area contributed by atoms with Crippen LogP contribution in [-0.4, -0.2) is 29.5 Å². The van der Waals surface area contributed by atoms with Crippen LogP contribution >= 0.6 is 11.8 Å². The highest BCUT2D eigenvalue weighted by atomic mass is 32.2. The van der Waals surface area contributed by atoms with Gasteiger partial charge in [-0.1, -0.05) is 12.8 Å². The largest absolute Gasteiger partial charge is 0.354 e. The van der Waals surface area contributed by atoms with Crippen LogP contribution in [0.2, 0.25) is 0 Å². The van der Waals surface area contributed by atoms with Crippen LogP contribution in [0.5, 0.6) is 0 Å². The van der Waals surface area contributed by atoms with Crippen molar-refractivity contribution in [2.45, 2.75) is 49.3 Å². The average molecular weight is 242 g/mol. The van der Waals surface area contributed by atoms with E-state index < -0.39 is 0 Å². The lowest BCUT2D eigenvalue weighted by molar-refractivity contribution is -0.126. The summed E-state index contributed by atoms with van der Waals surface area (Å²) in [6, 6.07) is 0.0817. The molecular formula is C12H22N2OS. The highest BCUT2D eigenvalue weighted by Crippen LogP contribution is 2.46. The predicted molar refractivity (Wildman–Crippen MR) is 68.4 cm³/mol. The maximum absolute atomic E-state index is 12.0. The van der Waals surface area contributed by atoms with Crippen LogP contribution in [0.1, 0.15) is 38.5 Å². The van der Waals surface area contributed by atoms with Crippen molar-refractivity contribution in [2.24, 2.45) is 11.7 Å². The number of hydrogen-bond donors (Lipinski definition) is 2. The summed E-state index contributed by atoms with van der Waals surface area (Å²) < 4.78 is 0.356. The Hall–Kier alpha value is -0.220. The van der Waals surface area contributed by atoms with Gasteiger partial charge in [-0.25, -0.2) is 0 Å². The van der Waals surface area contributed by atoms with Crippen molar-refractivity contribution < 1.29 is 4.79 Å². The fraction of sp³-hybridized carbons (Fsp3) is 0.917. The SMILES string of the molecule is CSC1(CNC(=O)C2CCCCC2N)CC1. The average Bonchev–Trinajstić information content (AvgIpc) is 3.07. The molecule has 2 atom stereocenters. The second-order valence-electron chi connectivity index (χ2n) is 5.16. The second-order valence-corrected chi connectivity index (χ2v) is 6.43. The monoisotopic (exact) mass is 242 g/mol. The van der Waals surface area contributed by atoms with Crippen molar-refractivity contribution in [3.05, 3.63) is 0 Å². The number of nitrogens with two attached hydrogens (primary N) is 1. The number of amides is 1. The molecule has 4 heteroatoms. The topological polar surface area (TPSA) is 55.1 Å². The highest BCUT2D eigenvalue weighted by molar-refractivity contribution is 8.00. The van der Waals surface area contributed by atoms with Gasteiger partial charge >= 0.3 is 0 Å². The fourth-order valence-corrected chi connectivity index (χ4v) is 3.18. The fourth-order valence-electron chi connectivity index (χ4n) is 2.46. The first-order valence-corrected chi connectivity index (χ1v) is 7.48. The number of thioether (sulfide) groups is 1. The van der Waals surface area contributed by atoms with E-state index in [4.69, 9.17) is 5.73 Å². The van der Waals surface area contributed by atoms with Gasteiger partial charge in [0.2, 0.25) is 5.91 Å². The summed E-state index contributed by atoms with van der Waals surface area (Å²) in [5, 5.41) is 3.10. The van der Waals surface area contributed by atoms with Gasteiger partial charge in [-0.05, 0) is 31.9 Å². The molecule has 2 aliphatic rings. The summed E-state index contributed by atoms with van der Waals surface area (Å²) in [7, 11) is 0. The minimum atomic E-state index is 0.0615. The van der Waals surface area contributed by atoms with Gasteiger partial charge in [0, 0.05) is 17.3 Å². The molecule has 16 heavy (non-hydrogen) atoms. The Labute approximate surface area is 102 Å². The molecule has 3 N–H and O–H groups in total. The van der Waals surface area contributed by atoms with E-state index in [0.717, 1.165) is 25.8 Å². The van der Waals surface area contributed by atoms with E-state index in [1.807, 2.05) is 11.8 Å². The first kappa shape index (κ1) is 12.2. The van der Waals surface area contributed by atoms with Crippen molar-refractivity contribution in [3.63, 3.8) is 0 Å². The molecule has 0 bridgehead atoms. The van der Waals surface area contributed by atoms with Crippen LogP contribution in [0.3, 0.4) is 0 Å². The number of nitrogens with one attached hydrogen (secondary N) is 1. The summed E-state index contributed by atoms with van der Waals surface area (Å²) in [5.74, 6) is 0.249. The third-order valence-electron chi connectivity index (χ3n) is 3.98. The Morgan fingerprint density at radius 2 is 2.12 bits per heavy atom. The molecule has 0 aromatic rings. The molecule has 2 unspecified atom stereocenters. The molecule has 0 heterocycles. The summed E-state index contributed by atoms with van der Waals surface area (Å²) in [6.45, 7) is 0.830. The molecule has 2 fully saturated rings.